The Morgan fingerprint density at radius 2 is 2.20 bits per heavy atom. The van der Waals surface area contributed by atoms with Crippen molar-refractivity contribution in [2.45, 2.75) is 6.54 Å². The number of phenolic OH excluding ortho intramolecular Hbond substituents is 1. The van der Waals surface area contributed by atoms with Gasteiger partial charge in [0.05, 0.1) is 0 Å². The Hall–Kier alpha value is -0.580. The number of hydrogen-bond donors (Lipinski definition) is 2. The molecule has 0 saturated heterocycles. The maximum absolute atomic E-state index is 9.65. The number of rotatable bonds is 5. The number of aromatic hydroxyl groups is 1. The van der Waals surface area contributed by atoms with E-state index in [1.165, 1.54) is 0 Å². The van der Waals surface area contributed by atoms with Crippen LogP contribution in [0.4, 0.5) is 0 Å². The molecule has 15 heavy (non-hydrogen) atoms. The zero-order chi connectivity index (χ0) is 11.3. The molecule has 1 aromatic carbocycles. The second-order valence-corrected chi connectivity index (χ2v) is 4.53. The lowest BCUT2D eigenvalue weighted by Gasteiger charge is -2.17. The predicted octanol–water partition coefficient (Wildman–Crippen LogP) is 1.81. The normalized spacial score (nSPS) is 10.9. The number of nitrogens with zero attached hydrogens (tertiary/aromatic N) is 1. The van der Waals surface area contributed by atoms with Gasteiger partial charge in [0, 0.05) is 29.7 Å². The summed E-state index contributed by atoms with van der Waals surface area (Å²) in [5.41, 5.74) is 0.947. The molecule has 4 heteroatoms. The van der Waals surface area contributed by atoms with Gasteiger partial charge in [0.25, 0.3) is 0 Å². The summed E-state index contributed by atoms with van der Waals surface area (Å²) in [5, 5.41) is 12.7. The molecule has 0 bridgehead atoms. The summed E-state index contributed by atoms with van der Waals surface area (Å²) in [6.45, 7) is 2.67. The number of halogens is 1. The van der Waals surface area contributed by atoms with Gasteiger partial charge in [-0.25, -0.2) is 0 Å². The Morgan fingerprint density at radius 3 is 2.87 bits per heavy atom. The highest BCUT2D eigenvalue weighted by Gasteiger charge is 2.05. The molecule has 0 aliphatic carbocycles. The molecule has 0 unspecified atom stereocenters. The third-order valence-corrected chi connectivity index (χ3v) is 2.72. The zero-order valence-electron chi connectivity index (χ0n) is 9.13. The second-order valence-electron chi connectivity index (χ2n) is 3.61. The molecule has 0 radical (unpaired) electrons. The highest BCUT2D eigenvalue weighted by Crippen LogP contribution is 2.22. The maximum atomic E-state index is 9.65. The molecule has 0 atom stereocenters. The topological polar surface area (TPSA) is 35.5 Å². The van der Waals surface area contributed by atoms with Gasteiger partial charge in [0.15, 0.2) is 0 Å². The van der Waals surface area contributed by atoms with Gasteiger partial charge < -0.3 is 15.3 Å². The first-order valence-electron chi connectivity index (χ1n) is 4.94. The van der Waals surface area contributed by atoms with Crippen molar-refractivity contribution in [3.63, 3.8) is 0 Å². The molecular formula is C11H17BrN2O. The van der Waals surface area contributed by atoms with Crippen molar-refractivity contribution in [3.8, 4) is 5.75 Å². The van der Waals surface area contributed by atoms with Crippen molar-refractivity contribution in [3.05, 3.63) is 28.2 Å². The van der Waals surface area contributed by atoms with E-state index in [2.05, 4.69) is 26.1 Å². The molecule has 1 aromatic rings. The van der Waals surface area contributed by atoms with E-state index in [-0.39, 0.29) is 0 Å². The lowest BCUT2D eigenvalue weighted by Crippen LogP contribution is -2.26. The number of hydrogen-bond acceptors (Lipinski definition) is 3. The lowest BCUT2D eigenvalue weighted by molar-refractivity contribution is 0.321. The van der Waals surface area contributed by atoms with Crippen LogP contribution in [0.5, 0.6) is 5.75 Å². The second kappa shape index (κ2) is 6.10. The van der Waals surface area contributed by atoms with E-state index >= 15 is 0 Å². The minimum atomic E-state index is 0.356. The Balaban J connectivity index is 2.59. The van der Waals surface area contributed by atoms with Crippen molar-refractivity contribution in [2.75, 3.05) is 27.2 Å². The van der Waals surface area contributed by atoms with Gasteiger partial charge in [-0.05, 0) is 32.3 Å². The predicted molar refractivity (Wildman–Crippen MR) is 66.1 cm³/mol. The highest BCUT2D eigenvalue weighted by molar-refractivity contribution is 9.10. The smallest absolute Gasteiger partial charge is 0.120 e. The van der Waals surface area contributed by atoms with Crippen molar-refractivity contribution >= 4 is 15.9 Å². The van der Waals surface area contributed by atoms with E-state index in [1.54, 1.807) is 6.07 Å². The van der Waals surface area contributed by atoms with Crippen molar-refractivity contribution in [1.29, 1.82) is 0 Å². The molecule has 0 aliphatic heterocycles. The Labute approximate surface area is 99.2 Å². The van der Waals surface area contributed by atoms with Crippen molar-refractivity contribution in [2.24, 2.45) is 0 Å². The minimum Gasteiger partial charge on any atom is -0.508 e. The molecule has 0 aliphatic rings. The molecule has 0 aromatic heterocycles. The summed E-state index contributed by atoms with van der Waals surface area (Å²) >= 11 is 3.40. The molecule has 0 saturated carbocycles. The third-order valence-electron chi connectivity index (χ3n) is 2.23. The average Bonchev–Trinajstić information content (AvgIpc) is 2.20. The fraction of sp³-hybridized carbons (Fsp3) is 0.455. The van der Waals surface area contributed by atoms with Gasteiger partial charge in [-0.2, -0.15) is 0 Å². The van der Waals surface area contributed by atoms with Crippen LogP contribution in [0.3, 0.4) is 0 Å². The van der Waals surface area contributed by atoms with E-state index in [0.717, 1.165) is 29.7 Å². The van der Waals surface area contributed by atoms with Gasteiger partial charge in [0.1, 0.15) is 5.75 Å². The van der Waals surface area contributed by atoms with Gasteiger partial charge >= 0.3 is 0 Å². The molecule has 0 amide bonds. The number of phenols is 1. The lowest BCUT2D eigenvalue weighted by atomic mass is 10.2. The summed E-state index contributed by atoms with van der Waals surface area (Å²) in [6, 6.07) is 5.50. The first-order valence-corrected chi connectivity index (χ1v) is 5.73. The van der Waals surface area contributed by atoms with Gasteiger partial charge in [-0.1, -0.05) is 15.9 Å². The van der Waals surface area contributed by atoms with Gasteiger partial charge in [-0.15, -0.1) is 0 Å². The van der Waals surface area contributed by atoms with Crippen LogP contribution >= 0.6 is 15.9 Å². The average molecular weight is 273 g/mol. The number of benzene rings is 1. The van der Waals surface area contributed by atoms with E-state index < -0.39 is 0 Å². The van der Waals surface area contributed by atoms with Crippen LogP contribution in [0.1, 0.15) is 5.56 Å². The fourth-order valence-electron chi connectivity index (χ4n) is 1.35. The van der Waals surface area contributed by atoms with Gasteiger partial charge in [-0.3, -0.25) is 0 Å². The van der Waals surface area contributed by atoms with E-state index in [0.29, 0.717) is 5.75 Å². The molecule has 0 heterocycles. The summed E-state index contributed by atoms with van der Waals surface area (Å²) in [5.74, 6) is 0.356. The maximum Gasteiger partial charge on any atom is 0.120 e. The third kappa shape index (κ3) is 4.20. The zero-order valence-corrected chi connectivity index (χ0v) is 10.7. The van der Waals surface area contributed by atoms with Crippen LogP contribution in [0.15, 0.2) is 22.7 Å². The molecule has 0 fully saturated rings. The minimum absolute atomic E-state index is 0.356. The van der Waals surface area contributed by atoms with Crippen LogP contribution in [0.25, 0.3) is 0 Å². The Kier molecular flexibility index (Phi) is 5.08. The van der Waals surface area contributed by atoms with Crippen LogP contribution in [-0.2, 0) is 6.54 Å². The monoisotopic (exact) mass is 272 g/mol. The van der Waals surface area contributed by atoms with Crippen LogP contribution in [0.2, 0.25) is 0 Å². The molecular weight excluding hydrogens is 256 g/mol. The molecule has 0 spiro atoms. The fourth-order valence-corrected chi connectivity index (χ4v) is 1.76. The number of nitrogens with one attached hydrogen (secondary N) is 1. The van der Waals surface area contributed by atoms with E-state index in [4.69, 9.17) is 0 Å². The summed E-state index contributed by atoms with van der Waals surface area (Å²) in [4.78, 5) is 2.16. The Bertz CT molecular complexity index is 317. The van der Waals surface area contributed by atoms with Crippen LogP contribution in [0, 0.1) is 0 Å². The number of likely N-dealkylation sites (N-methyl/N-ethyl adjacent to an activating group) is 2. The summed E-state index contributed by atoms with van der Waals surface area (Å²) in [6.07, 6.45) is 0. The van der Waals surface area contributed by atoms with Crippen LogP contribution in [-0.4, -0.2) is 37.2 Å². The van der Waals surface area contributed by atoms with Crippen molar-refractivity contribution < 1.29 is 5.11 Å². The Morgan fingerprint density at radius 1 is 1.47 bits per heavy atom. The molecule has 1 rings (SSSR count). The standard InChI is InChI=1S/C11H17BrN2O/c1-13-5-6-14(2)8-9-7-10(12)3-4-11(9)15/h3-4,7,13,15H,5-6,8H2,1-2H3. The first kappa shape index (κ1) is 12.5. The highest BCUT2D eigenvalue weighted by atomic mass is 79.9. The molecule has 2 N–H and O–H groups in total. The van der Waals surface area contributed by atoms with E-state index in [9.17, 15) is 5.11 Å². The summed E-state index contributed by atoms with van der Waals surface area (Å²) < 4.78 is 0.998. The van der Waals surface area contributed by atoms with Crippen LogP contribution < -0.4 is 5.32 Å². The van der Waals surface area contributed by atoms with Crippen molar-refractivity contribution in [1.82, 2.24) is 10.2 Å². The van der Waals surface area contributed by atoms with E-state index in [1.807, 2.05) is 26.2 Å². The summed E-state index contributed by atoms with van der Waals surface area (Å²) in [7, 11) is 3.97. The SMILES string of the molecule is CNCCN(C)Cc1cc(Br)ccc1O. The van der Waals surface area contributed by atoms with Gasteiger partial charge in [0.2, 0.25) is 0 Å². The molecule has 3 nitrogen and oxygen atoms in total. The molecule has 84 valence electrons. The quantitative estimate of drug-likeness (QED) is 0.858. The largest absolute Gasteiger partial charge is 0.508 e. The first-order chi connectivity index (χ1) is 7.13.